The van der Waals surface area contributed by atoms with Crippen LogP contribution >= 0.6 is 0 Å². The minimum atomic E-state index is -0.669. The molecule has 28 heavy (non-hydrogen) atoms. The second kappa shape index (κ2) is 6.26. The molecule has 5 nitrogen and oxygen atoms in total. The van der Waals surface area contributed by atoms with E-state index in [2.05, 4.69) is 0 Å². The number of hydrogen-bond donors (Lipinski definition) is 2. The van der Waals surface area contributed by atoms with Crippen LogP contribution in [0.4, 0.5) is 0 Å². The lowest BCUT2D eigenvalue weighted by atomic mass is 9.95. The fourth-order valence-corrected chi connectivity index (χ4v) is 5.58. The SMILES string of the molecule is O=C1CCc2c1cccc2C(=O)N1C[C@H](O)[C@@]2(C1)[C@H](CO)[C@H]2c1ccccc1. The Kier molecular flexibility index (Phi) is 3.93. The average molecular weight is 377 g/mol. The van der Waals surface area contributed by atoms with E-state index in [-0.39, 0.29) is 36.7 Å². The monoisotopic (exact) mass is 377 g/mol. The molecule has 1 heterocycles. The second-order valence-corrected chi connectivity index (χ2v) is 8.25. The predicted octanol–water partition coefficient (Wildman–Crippen LogP) is 2.02. The Morgan fingerprint density at radius 3 is 2.64 bits per heavy atom. The molecule has 0 unspecified atom stereocenters. The third kappa shape index (κ3) is 2.33. The number of β-amino-alcohol motifs (C(OH)–C–C–N with tert-alkyl or cyclic N) is 1. The molecule has 0 radical (unpaired) electrons. The molecule has 2 N–H and O–H groups in total. The van der Waals surface area contributed by atoms with Crippen molar-refractivity contribution in [1.29, 1.82) is 0 Å². The van der Waals surface area contributed by atoms with Crippen molar-refractivity contribution in [2.75, 3.05) is 19.7 Å². The molecule has 2 fully saturated rings. The van der Waals surface area contributed by atoms with Gasteiger partial charge in [0.15, 0.2) is 5.78 Å². The van der Waals surface area contributed by atoms with E-state index >= 15 is 0 Å². The Bertz CT molecular complexity index is 956. The Morgan fingerprint density at radius 2 is 1.89 bits per heavy atom. The van der Waals surface area contributed by atoms with Crippen molar-refractivity contribution < 1.29 is 19.8 Å². The maximum Gasteiger partial charge on any atom is 0.254 e. The van der Waals surface area contributed by atoms with Gasteiger partial charge in [-0.3, -0.25) is 9.59 Å². The molecule has 4 atom stereocenters. The number of rotatable bonds is 3. The van der Waals surface area contributed by atoms with E-state index in [0.29, 0.717) is 30.5 Å². The molecular weight excluding hydrogens is 354 g/mol. The number of aliphatic hydroxyl groups excluding tert-OH is 2. The highest BCUT2D eigenvalue weighted by Crippen LogP contribution is 2.68. The number of hydrogen-bond acceptors (Lipinski definition) is 4. The number of benzene rings is 2. The molecular formula is C23H23NO4. The number of carbonyl (C=O) groups is 2. The summed E-state index contributed by atoms with van der Waals surface area (Å²) in [5.74, 6) is -0.0348. The molecule has 1 aliphatic heterocycles. The van der Waals surface area contributed by atoms with Crippen LogP contribution in [-0.4, -0.2) is 52.6 Å². The highest BCUT2D eigenvalue weighted by Gasteiger charge is 2.71. The highest BCUT2D eigenvalue weighted by molar-refractivity contribution is 6.05. The van der Waals surface area contributed by atoms with Crippen LogP contribution in [-0.2, 0) is 6.42 Å². The average Bonchev–Trinajstić information content (AvgIpc) is 3.02. The summed E-state index contributed by atoms with van der Waals surface area (Å²) in [6.07, 6.45) is 0.385. The van der Waals surface area contributed by atoms with Gasteiger partial charge in [0.25, 0.3) is 5.91 Å². The smallest absolute Gasteiger partial charge is 0.254 e. The fourth-order valence-electron chi connectivity index (χ4n) is 5.58. The summed E-state index contributed by atoms with van der Waals surface area (Å²) in [6.45, 7) is 0.680. The Morgan fingerprint density at radius 1 is 1.11 bits per heavy atom. The van der Waals surface area contributed by atoms with E-state index in [1.165, 1.54) is 0 Å². The summed E-state index contributed by atoms with van der Waals surface area (Å²) in [5.41, 5.74) is 2.68. The first-order chi connectivity index (χ1) is 13.6. The van der Waals surface area contributed by atoms with Crippen molar-refractivity contribution in [2.45, 2.75) is 24.9 Å². The van der Waals surface area contributed by atoms with Gasteiger partial charge in [0, 0.05) is 42.7 Å². The van der Waals surface area contributed by atoms with E-state index in [1.807, 2.05) is 30.3 Å². The molecule has 0 aromatic heterocycles. The quantitative estimate of drug-likeness (QED) is 0.858. The first-order valence-corrected chi connectivity index (χ1v) is 9.86. The van der Waals surface area contributed by atoms with Gasteiger partial charge in [-0.1, -0.05) is 42.5 Å². The predicted molar refractivity (Wildman–Crippen MR) is 103 cm³/mol. The van der Waals surface area contributed by atoms with Crippen LogP contribution in [0, 0.1) is 11.3 Å². The van der Waals surface area contributed by atoms with E-state index in [4.69, 9.17) is 0 Å². The number of likely N-dealkylation sites (tertiary alicyclic amines) is 1. The van der Waals surface area contributed by atoms with Gasteiger partial charge in [-0.05, 0) is 35.4 Å². The third-order valence-electron chi connectivity index (χ3n) is 6.99. The zero-order chi connectivity index (χ0) is 19.5. The molecule has 3 aliphatic rings. The maximum absolute atomic E-state index is 13.3. The highest BCUT2D eigenvalue weighted by atomic mass is 16.3. The van der Waals surface area contributed by atoms with Crippen LogP contribution in [0.3, 0.4) is 0 Å². The molecule has 1 saturated carbocycles. The van der Waals surface area contributed by atoms with Crippen LogP contribution in [0.5, 0.6) is 0 Å². The summed E-state index contributed by atoms with van der Waals surface area (Å²) in [5, 5.41) is 20.8. The number of Topliss-reactive ketones (excluding diaryl/α,β-unsaturated/α-hetero) is 1. The van der Waals surface area contributed by atoms with Gasteiger partial charge < -0.3 is 15.1 Å². The van der Waals surface area contributed by atoms with Crippen molar-refractivity contribution in [3.63, 3.8) is 0 Å². The summed E-state index contributed by atoms with van der Waals surface area (Å²) >= 11 is 0. The fraction of sp³-hybridized carbons (Fsp3) is 0.391. The zero-order valence-electron chi connectivity index (χ0n) is 15.5. The van der Waals surface area contributed by atoms with Crippen LogP contribution < -0.4 is 0 Å². The Hall–Kier alpha value is -2.50. The number of fused-ring (bicyclic) bond motifs is 1. The number of carbonyl (C=O) groups excluding carboxylic acids is 2. The Labute approximate surface area is 163 Å². The van der Waals surface area contributed by atoms with Crippen LogP contribution in [0.25, 0.3) is 0 Å². The van der Waals surface area contributed by atoms with Gasteiger partial charge >= 0.3 is 0 Å². The molecule has 5 heteroatoms. The zero-order valence-corrected chi connectivity index (χ0v) is 15.5. The number of ketones is 1. The maximum atomic E-state index is 13.3. The van der Waals surface area contributed by atoms with Crippen molar-refractivity contribution in [1.82, 2.24) is 4.90 Å². The van der Waals surface area contributed by atoms with Gasteiger partial charge in [0.2, 0.25) is 0 Å². The number of amides is 1. The first-order valence-electron chi connectivity index (χ1n) is 9.86. The van der Waals surface area contributed by atoms with Crippen molar-refractivity contribution in [3.8, 4) is 0 Å². The van der Waals surface area contributed by atoms with Crippen LogP contribution in [0.15, 0.2) is 48.5 Å². The van der Waals surface area contributed by atoms with Crippen LogP contribution in [0.2, 0.25) is 0 Å². The summed E-state index contributed by atoms with van der Waals surface area (Å²) in [4.78, 5) is 27.0. The normalized spacial score (nSPS) is 30.7. The van der Waals surface area contributed by atoms with Gasteiger partial charge in [-0.25, -0.2) is 0 Å². The van der Waals surface area contributed by atoms with Crippen molar-refractivity contribution >= 4 is 11.7 Å². The van der Waals surface area contributed by atoms with E-state index in [0.717, 1.165) is 11.1 Å². The standard InChI is InChI=1S/C23H23NO4/c25-12-18-21(14-5-2-1-3-6-14)23(18)13-24(11-20(23)27)22(28)17-8-4-7-16-15(17)9-10-19(16)26/h1-8,18,20-21,25,27H,9-13H2/t18-,20+,21-,23-/m1/s1. The topological polar surface area (TPSA) is 77.8 Å². The molecule has 1 spiro atoms. The minimum absolute atomic E-state index is 0.00606. The lowest BCUT2D eigenvalue weighted by molar-refractivity contribution is 0.0763. The van der Waals surface area contributed by atoms with Gasteiger partial charge in [-0.2, -0.15) is 0 Å². The van der Waals surface area contributed by atoms with Gasteiger partial charge in [0.05, 0.1) is 6.10 Å². The van der Waals surface area contributed by atoms with E-state index < -0.39 is 11.5 Å². The molecule has 5 rings (SSSR count). The number of nitrogens with zero attached hydrogens (tertiary/aromatic N) is 1. The third-order valence-corrected chi connectivity index (χ3v) is 6.99. The van der Waals surface area contributed by atoms with Crippen molar-refractivity contribution in [3.05, 3.63) is 70.8 Å². The lowest BCUT2D eigenvalue weighted by Gasteiger charge is -2.18. The largest absolute Gasteiger partial charge is 0.396 e. The minimum Gasteiger partial charge on any atom is -0.396 e. The summed E-state index contributed by atoms with van der Waals surface area (Å²) in [7, 11) is 0. The first kappa shape index (κ1) is 17.6. The Balaban J connectivity index is 1.44. The molecule has 1 amide bonds. The van der Waals surface area contributed by atoms with Gasteiger partial charge in [0.1, 0.15) is 0 Å². The molecule has 1 saturated heterocycles. The summed E-state index contributed by atoms with van der Waals surface area (Å²) in [6, 6.07) is 15.2. The molecule has 144 valence electrons. The summed E-state index contributed by atoms with van der Waals surface area (Å²) < 4.78 is 0. The van der Waals surface area contributed by atoms with Crippen molar-refractivity contribution in [2.24, 2.45) is 11.3 Å². The molecule has 2 aliphatic carbocycles. The molecule has 2 aromatic carbocycles. The molecule has 0 bridgehead atoms. The van der Waals surface area contributed by atoms with Crippen LogP contribution in [0.1, 0.15) is 44.2 Å². The van der Waals surface area contributed by atoms with E-state index in [9.17, 15) is 19.8 Å². The van der Waals surface area contributed by atoms with Gasteiger partial charge in [-0.15, -0.1) is 0 Å². The second-order valence-electron chi connectivity index (χ2n) is 8.25. The lowest BCUT2D eigenvalue weighted by Crippen LogP contribution is -2.30. The number of aliphatic hydroxyl groups is 2. The van der Waals surface area contributed by atoms with E-state index in [1.54, 1.807) is 23.1 Å². The molecule has 2 aromatic rings.